The molecule has 1 aliphatic heterocycles. The molecule has 0 spiro atoms. The predicted octanol–water partition coefficient (Wildman–Crippen LogP) is 4.56. The highest BCUT2D eigenvalue weighted by Gasteiger charge is 2.36. The van der Waals surface area contributed by atoms with Gasteiger partial charge in [0.1, 0.15) is 23.9 Å². The van der Waals surface area contributed by atoms with Crippen LogP contribution in [0.4, 0.5) is 14.5 Å². The molecule has 1 aliphatic rings. The van der Waals surface area contributed by atoms with Crippen LogP contribution in [0, 0.1) is 11.6 Å². The number of rotatable bonds is 6. The van der Waals surface area contributed by atoms with Gasteiger partial charge >= 0.3 is 0 Å². The summed E-state index contributed by atoms with van der Waals surface area (Å²) < 4.78 is 34.9. The van der Waals surface area contributed by atoms with Gasteiger partial charge < -0.3 is 15.4 Å². The van der Waals surface area contributed by atoms with Crippen molar-refractivity contribution in [3.05, 3.63) is 88.9 Å². The maximum atomic E-state index is 13.8. The Morgan fingerprint density at radius 1 is 1.12 bits per heavy atom. The Hall–Kier alpha value is -3.56. The highest BCUT2D eigenvalue weighted by molar-refractivity contribution is 7.13. The van der Waals surface area contributed by atoms with Crippen LogP contribution in [0.1, 0.15) is 17.4 Å². The number of anilines is 1. The number of aromatic nitrogens is 2. The van der Waals surface area contributed by atoms with Gasteiger partial charge in [-0.1, -0.05) is 18.2 Å². The number of halogens is 2. The van der Waals surface area contributed by atoms with Crippen molar-refractivity contribution in [3.8, 4) is 16.3 Å². The molecular weight excluding hydrogens is 446 g/mol. The van der Waals surface area contributed by atoms with Gasteiger partial charge in [0.2, 0.25) is 0 Å². The molecule has 4 aromatic rings. The molecule has 1 unspecified atom stereocenters. The quantitative estimate of drug-likeness (QED) is 0.423. The number of hydrogen-bond acceptors (Lipinski definition) is 5. The molecule has 6 nitrogen and oxygen atoms in total. The van der Waals surface area contributed by atoms with Crippen molar-refractivity contribution in [3.63, 3.8) is 0 Å². The van der Waals surface area contributed by atoms with Crippen molar-refractivity contribution in [1.29, 1.82) is 0 Å². The molecule has 33 heavy (non-hydrogen) atoms. The molecule has 0 aliphatic carbocycles. The minimum Gasteiger partial charge on any atom is -0.399 e. The van der Waals surface area contributed by atoms with Gasteiger partial charge in [-0.15, -0.1) is 11.3 Å². The summed E-state index contributed by atoms with van der Waals surface area (Å²) in [5.41, 5.74) is 8.99. The van der Waals surface area contributed by atoms with Crippen LogP contribution in [0.3, 0.4) is 0 Å². The predicted molar refractivity (Wildman–Crippen MR) is 122 cm³/mol. The average Bonchev–Trinajstić information content (AvgIpc) is 3.52. The van der Waals surface area contributed by atoms with E-state index in [9.17, 15) is 13.6 Å². The zero-order valence-electron chi connectivity index (χ0n) is 17.4. The Balaban J connectivity index is 1.50. The minimum absolute atomic E-state index is 0.0456. The van der Waals surface area contributed by atoms with E-state index in [0.29, 0.717) is 29.9 Å². The van der Waals surface area contributed by atoms with Gasteiger partial charge in [0.05, 0.1) is 10.6 Å². The highest BCUT2D eigenvalue weighted by Crippen LogP contribution is 2.37. The van der Waals surface area contributed by atoms with E-state index in [0.717, 1.165) is 16.5 Å². The molecule has 1 amide bonds. The molecular formula is C24H20F2N4O2S. The Morgan fingerprint density at radius 2 is 1.88 bits per heavy atom. The number of nitrogens with zero attached hydrogens (tertiary/aromatic N) is 3. The lowest BCUT2D eigenvalue weighted by Crippen LogP contribution is -2.30. The lowest BCUT2D eigenvalue weighted by atomic mass is 10.1. The van der Waals surface area contributed by atoms with E-state index in [1.165, 1.54) is 28.2 Å². The summed E-state index contributed by atoms with van der Waals surface area (Å²) in [6.07, 6.45) is 1.64. The summed E-state index contributed by atoms with van der Waals surface area (Å²) >= 11 is 1.48. The average molecular weight is 467 g/mol. The Kier molecular flexibility index (Phi) is 5.65. The lowest BCUT2D eigenvalue weighted by molar-refractivity contribution is -0.128. The first-order valence-electron chi connectivity index (χ1n) is 10.3. The largest absolute Gasteiger partial charge is 0.399 e. The second kappa shape index (κ2) is 8.76. The Morgan fingerprint density at radius 3 is 2.58 bits per heavy atom. The van der Waals surface area contributed by atoms with Crippen molar-refractivity contribution in [2.45, 2.75) is 12.6 Å². The maximum Gasteiger partial charge on any atom is 0.250 e. The van der Waals surface area contributed by atoms with E-state index >= 15 is 0 Å². The van der Waals surface area contributed by atoms with E-state index in [2.05, 4.69) is 5.10 Å². The molecule has 2 N–H and O–H groups in total. The van der Waals surface area contributed by atoms with Crippen LogP contribution in [-0.2, 0) is 16.0 Å². The first kappa shape index (κ1) is 21.3. The van der Waals surface area contributed by atoms with Crippen LogP contribution in [-0.4, -0.2) is 33.7 Å². The number of carbonyl (C=O) groups is 1. The third-order valence-corrected chi connectivity index (χ3v) is 6.34. The second-order valence-corrected chi connectivity index (χ2v) is 8.67. The van der Waals surface area contributed by atoms with Crippen molar-refractivity contribution >= 4 is 22.9 Å². The third-order valence-electron chi connectivity index (χ3n) is 5.46. The Labute approximate surface area is 192 Å². The van der Waals surface area contributed by atoms with Crippen LogP contribution < -0.4 is 5.73 Å². The first-order chi connectivity index (χ1) is 16.0. The summed E-state index contributed by atoms with van der Waals surface area (Å²) in [5.74, 6) is -1.52. The summed E-state index contributed by atoms with van der Waals surface area (Å²) in [7, 11) is 0. The zero-order valence-corrected chi connectivity index (χ0v) is 18.3. The van der Waals surface area contributed by atoms with Crippen LogP contribution in [0.2, 0.25) is 0 Å². The summed E-state index contributed by atoms with van der Waals surface area (Å²) in [5, 5.41) is 6.52. The summed E-state index contributed by atoms with van der Waals surface area (Å²) in [6, 6.07) is 14.5. The molecule has 1 saturated heterocycles. The van der Waals surface area contributed by atoms with Gasteiger partial charge in [-0.25, -0.2) is 13.5 Å². The fourth-order valence-electron chi connectivity index (χ4n) is 3.86. The Bertz CT molecular complexity index is 1270. The molecule has 2 aromatic carbocycles. The van der Waals surface area contributed by atoms with Crippen LogP contribution >= 0.6 is 11.3 Å². The number of ether oxygens (including phenoxy) is 1. The number of thiophene rings is 1. The lowest BCUT2D eigenvalue weighted by Gasteiger charge is -2.23. The maximum absolute atomic E-state index is 13.8. The van der Waals surface area contributed by atoms with E-state index in [1.54, 1.807) is 11.1 Å². The standard InChI is InChI=1S/C24H20F2N4O2S/c25-16-10-17(26)12-19(11-16)30-13-20(23(28-30)21-2-1-9-33-21)24-29(22(31)14-32-24)8-7-15-3-5-18(27)6-4-15/h1-6,9-13,24H,7-8,14,27H2. The normalized spacial score (nSPS) is 16.0. The van der Waals surface area contributed by atoms with Crippen LogP contribution in [0.15, 0.2) is 66.2 Å². The SMILES string of the molecule is Nc1ccc(CCN2C(=O)COC2c2cn(-c3cc(F)cc(F)c3)nc2-c2cccs2)cc1. The molecule has 1 atom stereocenters. The molecule has 1 fully saturated rings. The van der Waals surface area contributed by atoms with E-state index in [4.69, 9.17) is 10.5 Å². The van der Waals surface area contributed by atoms with E-state index < -0.39 is 17.9 Å². The van der Waals surface area contributed by atoms with Gasteiger partial charge in [-0.3, -0.25) is 4.79 Å². The molecule has 0 radical (unpaired) electrons. The molecule has 3 heterocycles. The van der Waals surface area contributed by atoms with Crippen molar-refractivity contribution in [2.24, 2.45) is 0 Å². The number of hydrogen-bond donors (Lipinski definition) is 1. The van der Waals surface area contributed by atoms with Gasteiger partial charge in [0.15, 0.2) is 6.23 Å². The zero-order chi connectivity index (χ0) is 22.9. The van der Waals surface area contributed by atoms with E-state index in [-0.39, 0.29) is 18.2 Å². The number of nitrogens with two attached hydrogens (primary N) is 1. The number of carbonyl (C=O) groups excluding carboxylic acids is 1. The fraction of sp³-hybridized carbons (Fsp3) is 0.167. The summed E-state index contributed by atoms with van der Waals surface area (Å²) in [4.78, 5) is 15.2. The third kappa shape index (κ3) is 4.37. The first-order valence-corrected chi connectivity index (χ1v) is 11.2. The minimum atomic E-state index is -0.697. The molecule has 0 bridgehead atoms. The van der Waals surface area contributed by atoms with E-state index in [1.807, 2.05) is 41.8 Å². The molecule has 168 valence electrons. The molecule has 0 saturated carbocycles. The van der Waals surface area contributed by atoms with Crippen molar-refractivity contribution in [2.75, 3.05) is 18.9 Å². The highest BCUT2D eigenvalue weighted by atomic mass is 32.1. The van der Waals surface area contributed by atoms with Crippen molar-refractivity contribution < 1.29 is 18.3 Å². The summed E-state index contributed by atoms with van der Waals surface area (Å²) in [6.45, 7) is 0.396. The van der Waals surface area contributed by atoms with Crippen LogP contribution in [0.5, 0.6) is 0 Å². The van der Waals surface area contributed by atoms with Gasteiger partial charge in [0, 0.05) is 30.1 Å². The van der Waals surface area contributed by atoms with Crippen LogP contribution in [0.25, 0.3) is 16.3 Å². The number of benzene rings is 2. The van der Waals surface area contributed by atoms with Gasteiger partial charge in [0.25, 0.3) is 5.91 Å². The molecule has 9 heteroatoms. The fourth-order valence-corrected chi connectivity index (χ4v) is 4.60. The monoisotopic (exact) mass is 466 g/mol. The topological polar surface area (TPSA) is 73.4 Å². The van der Waals surface area contributed by atoms with Gasteiger partial charge in [-0.05, 0) is 47.7 Å². The molecule has 5 rings (SSSR count). The smallest absolute Gasteiger partial charge is 0.250 e. The molecule has 2 aromatic heterocycles. The van der Waals surface area contributed by atoms with Gasteiger partial charge in [-0.2, -0.15) is 5.10 Å². The second-order valence-electron chi connectivity index (χ2n) is 7.72. The number of nitrogen functional groups attached to an aromatic ring is 1. The number of amides is 1. The van der Waals surface area contributed by atoms with Crippen molar-refractivity contribution in [1.82, 2.24) is 14.7 Å².